The molecule has 0 atom stereocenters. The van der Waals surface area contributed by atoms with Crippen LogP contribution in [0.3, 0.4) is 0 Å². The number of rotatable bonds is 4. The molecule has 1 heterocycles. The number of aryl methyl sites for hydroxylation is 1. The zero-order valence-electron chi connectivity index (χ0n) is 9.65. The van der Waals surface area contributed by atoms with Gasteiger partial charge in [0.1, 0.15) is 17.9 Å². The molecule has 2 N–H and O–H groups in total. The lowest BCUT2D eigenvalue weighted by atomic mass is 9.91. The van der Waals surface area contributed by atoms with Gasteiger partial charge in [-0.3, -0.25) is 9.48 Å². The summed E-state index contributed by atoms with van der Waals surface area (Å²) >= 11 is 0. The molecule has 0 bridgehead atoms. The normalized spacial score (nSPS) is 18.9. The van der Waals surface area contributed by atoms with Crippen molar-refractivity contribution in [1.29, 1.82) is 0 Å². The van der Waals surface area contributed by atoms with Gasteiger partial charge in [0.2, 0.25) is 0 Å². The summed E-state index contributed by atoms with van der Waals surface area (Å²) in [5.41, 5.74) is 5.91. The van der Waals surface area contributed by atoms with Crippen LogP contribution in [0, 0.1) is 0 Å². The molecule has 1 aromatic rings. The highest BCUT2D eigenvalue weighted by Crippen LogP contribution is 2.30. The summed E-state index contributed by atoms with van der Waals surface area (Å²) in [6, 6.07) is 0. The molecule has 1 fully saturated rings. The Morgan fingerprint density at radius 1 is 1.56 bits per heavy atom. The van der Waals surface area contributed by atoms with Crippen molar-refractivity contribution in [3.63, 3.8) is 0 Å². The number of carbonyl (C=O) groups is 1. The third-order valence-corrected chi connectivity index (χ3v) is 3.31. The molecule has 0 radical (unpaired) electrons. The SMILES string of the molecule is Cn1ncnc1CC(=O)CC1(N)CCCC1. The van der Waals surface area contributed by atoms with Gasteiger partial charge in [-0.25, -0.2) is 4.98 Å². The van der Waals surface area contributed by atoms with E-state index in [1.54, 1.807) is 11.7 Å². The zero-order valence-corrected chi connectivity index (χ0v) is 9.65. The first kappa shape index (κ1) is 11.3. The molecule has 88 valence electrons. The maximum atomic E-state index is 11.9. The van der Waals surface area contributed by atoms with Crippen molar-refractivity contribution in [1.82, 2.24) is 14.8 Å². The maximum absolute atomic E-state index is 11.9. The van der Waals surface area contributed by atoms with Gasteiger partial charge in [-0.05, 0) is 12.8 Å². The van der Waals surface area contributed by atoms with E-state index in [2.05, 4.69) is 10.1 Å². The summed E-state index contributed by atoms with van der Waals surface area (Å²) in [5, 5.41) is 3.94. The summed E-state index contributed by atoms with van der Waals surface area (Å²) in [6.07, 6.45) is 6.52. The molecule has 1 aliphatic carbocycles. The molecule has 5 nitrogen and oxygen atoms in total. The third kappa shape index (κ3) is 2.47. The summed E-state index contributed by atoms with van der Waals surface area (Å²) in [6.45, 7) is 0. The van der Waals surface area contributed by atoms with Crippen LogP contribution in [0.4, 0.5) is 0 Å². The van der Waals surface area contributed by atoms with E-state index in [0.29, 0.717) is 18.7 Å². The molecule has 0 aromatic carbocycles. The number of hydrogen-bond acceptors (Lipinski definition) is 4. The van der Waals surface area contributed by atoms with Gasteiger partial charge in [0.15, 0.2) is 0 Å². The quantitative estimate of drug-likeness (QED) is 0.809. The van der Waals surface area contributed by atoms with Gasteiger partial charge in [-0.1, -0.05) is 12.8 Å². The molecule has 5 heteroatoms. The van der Waals surface area contributed by atoms with E-state index >= 15 is 0 Å². The topological polar surface area (TPSA) is 73.8 Å². The average molecular weight is 222 g/mol. The van der Waals surface area contributed by atoms with Crippen molar-refractivity contribution >= 4 is 5.78 Å². The van der Waals surface area contributed by atoms with Crippen LogP contribution >= 0.6 is 0 Å². The van der Waals surface area contributed by atoms with Gasteiger partial charge in [0, 0.05) is 19.0 Å². The van der Waals surface area contributed by atoms with Crippen LogP contribution in [-0.4, -0.2) is 26.1 Å². The summed E-state index contributed by atoms with van der Waals surface area (Å²) in [5.74, 6) is 0.882. The molecule has 0 spiro atoms. The Labute approximate surface area is 95.0 Å². The first-order valence-electron chi connectivity index (χ1n) is 5.72. The highest BCUT2D eigenvalue weighted by Gasteiger charge is 2.31. The van der Waals surface area contributed by atoms with Gasteiger partial charge in [0.05, 0.1) is 6.42 Å². The van der Waals surface area contributed by atoms with E-state index in [1.807, 2.05) is 0 Å². The van der Waals surface area contributed by atoms with Gasteiger partial charge >= 0.3 is 0 Å². The third-order valence-electron chi connectivity index (χ3n) is 3.31. The van der Waals surface area contributed by atoms with E-state index in [-0.39, 0.29) is 11.3 Å². The predicted octanol–water partition coefficient (Wildman–Crippen LogP) is 0.588. The number of hydrogen-bond donors (Lipinski definition) is 1. The standard InChI is InChI=1S/C11H18N4O/c1-15-10(13-8-14-15)6-9(16)7-11(12)4-2-3-5-11/h8H,2-7,12H2,1H3. The van der Waals surface area contributed by atoms with E-state index in [1.165, 1.54) is 6.33 Å². The van der Waals surface area contributed by atoms with Crippen LogP contribution in [-0.2, 0) is 18.3 Å². The monoisotopic (exact) mass is 222 g/mol. The fourth-order valence-electron chi connectivity index (χ4n) is 2.37. The van der Waals surface area contributed by atoms with Crippen molar-refractivity contribution in [3.05, 3.63) is 12.2 Å². The fourth-order valence-corrected chi connectivity index (χ4v) is 2.37. The first-order chi connectivity index (χ1) is 7.59. The number of carbonyl (C=O) groups excluding carboxylic acids is 1. The van der Waals surface area contributed by atoms with Crippen molar-refractivity contribution in [2.24, 2.45) is 12.8 Å². The highest BCUT2D eigenvalue weighted by molar-refractivity contribution is 5.81. The second kappa shape index (κ2) is 4.33. The molecule has 0 amide bonds. The van der Waals surface area contributed by atoms with Gasteiger partial charge in [0.25, 0.3) is 0 Å². The lowest BCUT2D eigenvalue weighted by Gasteiger charge is -2.22. The van der Waals surface area contributed by atoms with Crippen LogP contribution in [0.25, 0.3) is 0 Å². The van der Waals surface area contributed by atoms with Crippen molar-refractivity contribution in [3.8, 4) is 0 Å². The summed E-state index contributed by atoms with van der Waals surface area (Å²) < 4.78 is 1.63. The highest BCUT2D eigenvalue weighted by atomic mass is 16.1. The molecule has 0 unspecified atom stereocenters. The van der Waals surface area contributed by atoms with Crippen LogP contribution in [0.15, 0.2) is 6.33 Å². The van der Waals surface area contributed by atoms with E-state index in [9.17, 15) is 4.79 Å². The minimum Gasteiger partial charge on any atom is -0.325 e. The van der Waals surface area contributed by atoms with E-state index in [4.69, 9.17) is 5.73 Å². The zero-order chi connectivity index (χ0) is 11.6. The van der Waals surface area contributed by atoms with Crippen molar-refractivity contribution < 1.29 is 4.79 Å². The van der Waals surface area contributed by atoms with Crippen LogP contribution in [0.1, 0.15) is 37.9 Å². The van der Waals surface area contributed by atoms with E-state index in [0.717, 1.165) is 25.7 Å². The molecule has 16 heavy (non-hydrogen) atoms. The van der Waals surface area contributed by atoms with Gasteiger partial charge in [-0.2, -0.15) is 5.10 Å². The number of nitrogens with two attached hydrogens (primary N) is 1. The number of nitrogens with zero attached hydrogens (tertiary/aromatic N) is 3. The molecular formula is C11H18N4O. The Morgan fingerprint density at radius 2 is 2.25 bits per heavy atom. The number of Topliss-reactive ketones (excluding diaryl/α,β-unsaturated/α-hetero) is 1. The molecule has 2 rings (SSSR count). The number of aromatic nitrogens is 3. The Balaban J connectivity index is 1.92. The largest absolute Gasteiger partial charge is 0.325 e. The van der Waals surface area contributed by atoms with Crippen LogP contribution < -0.4 is 5.73 Å². The summed E-state index contributed by atoms with van der Waals surface area (Å²) in [7, 11) is 1.80. The second-order valence-electron chi connectivity index (χ2n) is 4.76. The van der Waals surface area contributed by atoms with Gasteiger partial charge < -0.3 is 5.73 Å². The minimum atomic E-state index is -0.254. The molecule has 1 aliphatic rings. The van der Waals surface area contributed by atoms with Crippen LogP contribution in [0.2, 0.25) is 0 Å². The molecule has 0 saturated heterocycles. The Kier molecular flexibility index (Phi) is 3.05. The second-order valence-corrected chi connectivity index (χ2v) is 4.76. The Morgan fingerprint density at radius 3 is 2.81 bits per heavy atom. The molecule has 1 saturated carbocycles. The van der Waals surface area contributed by atoms with Crippen LogP contribution in [0.5, 0.6) is 0 Å². The molecular weight excluding hydrogens is 204 g/mol. The Hall–Kier alpha value is -1.23. The predicted molar refractivity (Wildman–Crippen MR) is 59.7 cm³/mol. The molecule has 1 aromatic heterocycles. The first-order valence-corrected chi connectivity index (χ1v) is 5.72. The molecule has 0 aliphatic heterocycles. The van der Waals surface area contributed by atoms with Gasteiger partial charge in [-0.15, -0.1) is 0 Å². The van der Waals surface area contributed by atoms with Crippen molar-refractivity contribution in [2.45, 2.75) is 44.1 Å². The summed E-state index contributed by atoms with van der Waals surface area (Å²) in [4.78, 5) is 15.9. The lowest BCUT2D eigenvalue weighted by Crippen LogP contribution is -2.39. The Bertz CT molecular complexity index is 379. The van der Waals surface area contributed by atoms with E-state index < -0.39 is 0 Å². The fraction of sp³-hybridized carbons (Fsp3) is 0.727. The maximum Gasteiger partial charge on any atom is 0.142 e. The minimum absolute atomic E-state index is 0.167. The average Bonchev–Trinajstić information content (AvgIpc) is 2.77. The smallest absolute Gasteiger partial charge is 0.142 e. The van der Waals surface area contributed by atoms with Crippen molar-refractivity contribution in [2.75, 3.05) is 0 Å². The number of ketones is 1. The lowest BCUT2D eigenvalue weighted by molar-refractivity contribution is -0.119.